The summed E-state index contributed by atoms with van der Waals surface area (Å²) in [6.07, 6.45) is 2.57. The van der Waals surface area contributed by atoms with E-state index in [2.05, 4.69) is 5.48 Å². The van der Waals surface area contributed by atoms with Crippen molar-refractivity contribution >= 4 is 0 Å². The van der Waals surface area contributed by atoms with Crippen LogP contribution in [0.4, 0.5) is 0 Å². The zero-order valence-corrected chi connectivity index (χ0v) is 8.41. The SMILES string of the molecule is COCCONC(COC)C1CC1. The molecule has 0 spiro atoms. The van der Waals surface area contributed by atoms with Crippen LogP contribution in [0.2, 0.25) is 0 Å². The molecule has 0 aromatic rings. The van der Waals surface area contributed by atoms with Crippen molar-refractivity contribution in [3.8, 4) is 0 Å². The Morgan fingerprint density at radius 1 is 1.23 bits per heavy atom. The number of nitrogens with one attached hydrogen (secondary N) is 1. The first-order chi connectivity index (χ1) is 6.38. The van der Waals surface area contributed by atoms with Crippen molar-refractivity contribution in [1.29, 1.82) is 0 Å². The van der Waals surface area contributed by atoms with E-state index >= 15 is 0 Å². The fourth-order valence-electron chi connectivity index (χ4n) is 1.24. The summed E-state index contributed by atoms with van der Waals surface area (Å²) < 4.78 is 9.95. The summed E-state index contributed by atoms with van der Waals surface area (Å²) in [5, 5.41) is 0. The van der Waals surface area contributed by atoms with Crippen LogP contribution in [0.5, 0.6) is 0 Å². The van der Waals surface area contributed by atoms with Gasteiger partial charge in [-0.15, -0.1) is 0 Å². The molecule has 0 bridgehead atoms. The van der Waals surface area contributed by atoms with Crippen LogP contribution in [0.15, 0.2) is 0 Å². The molecule has 1 saturated carbocycles. The first-order valence-corrected chi connectivity index (χ1v) is 4.73. The number of ether oxygens (including phenoxy) is 2. The average molecular weight is 189 g/mol. The molecular formula is C9H19NO3. The van der Waals surface area contributed by atoms with E-state index in [0.29, 0.717) is 19.3 Å². The summed E-state index contributed by atoms with van der Waals surface area (Å²) in [5.41, 5.74) is 3.01. The topological polar surface area (TPSA) is 39.7 Å². The summed E-state index contributed by atoms with van der Waals surface area (Å²) >= 11 is 0. The van der Waals surface area contributed by atoms with Gasteiger partial charge >= 0.3 is 0 Å². The highest BCUT2D eigenvalue weighted by molar-refractivity contribution is 4.84. The normalized spacial score (nSPS) is 18.9. The lowest BCUT2D eigenvalue weighted by atomic mass is 10.2. The zero-order valence-electron chi connectivity index (χ0n) is 8.41. The van der Waals surface area contributed by atoms with Crippen molar-refractivity contribution in [1.82, 2.24) is 5.48 Å². The van der Waals surface area contributed by atoms with Crippen LogP contribution in [-0.2, 0) is 14.3 Å². The second-order valence-corrected chi connectivity index (χ2v) is 3.36. The third-order valence-corrected chi connectivity index (χ3v) is 2.16. The summed E-state index contributed by atoms with van der Waals surface area (Å²) in [4.78, 5) is 5.24. The minimum absolute atomic E-state index is 0.349. The maximum Gasteiger partial charge on any atom is 0.0916 e. The van der Waals surface area contributed by atoms with Crippen molar-refractivity contribution in [3.63, 3.8) is 0 Å². The van der Waals surface area contributed by atoms with Crippen LogP contribution in [0.3, 0.4) is 0 Å². The lowest BCUT2D eigenvalue weighted by Crippen LogP contribution is -2.35. The first kappa shape index (κ1) is 10.9. The molecule has 0 aromatic heterocycles. The average Bonchev–Trinajstić information content (AvgIpc) is 2.93. The smallest absolute Gasteiger partial charge is 0.0916 e. The largest absolute Gasteiger partial charge is 0.383 e. The van der Waals surface area contributed by atoms with Crippen LogP contribution < -0.4 is 5.48 Å². The molecule has 4 nitrogen and oxygen atoms in total. The van der Waals surface area contributed by atoms with E-state index in [1.165, 1.54) is 12.8 Å². The van der Waals surface area contributed by atoms with Gasteiger partial charge in [-0.1, -0.05) is 0 Å². The quantitative estimate of drug-likeness (QED) is 0.448. The van der Waals surface area contributed by atoms with E-state index in [-0.39, 0.29) is 0 Å². The monoisotopic (exact) mass is 189 g/mol. The van der Waals surface area contributed by atoms with Gasteiger partial charge in [0.1, 0.15) is 0 Å². The van der Waals surface area contributed by atoms with Crippen LogP contribution in [-0.4, -0.2) is 40.1 Å². The summed E-state index contributed by atoms with van der Waals surface area (Å²) in [7, 11) is 3.38. The number of rotatable bonds is 8. The summed E-state index contributed by atoms with van der Waals surface area (Å²) in [6, 6.07) is 0.349. The molecule has 0 aliphatic heterocycles. The van der Waals surface area contributed by atoms with Gasteiger partial charge in [-0.3, -0.25) is 4.84 Å². The highest BCUT2D eigenvalue weighted by Gasteiger charge is 2.31. The van der Waals surface area contributed by atoms with Crippen LogP contribution in [0.1, 0.15) is 12.8 Å². The highest BCUT2D eigenvalue weighted by atomic mass is 16.7. The molecule has 1 aliphatic carbocycles. The van der Waals surface area contributed by atoms with Crippen molar-refractivity contribution in [3.05, 3.63) is 0 Å². The molecule has 1 fully saturated rings. The van der Waals surface area contributed by atoms with E-state index in [1.54, 1.807) is 14.2 Å². The van der Waals surface area contributed by atoms with Crippen molar-refractivity contribution in [2.45, 2.75) is 18.9 Å². The van der Waals surface area contributed by atoms with E-state index in [0.717, 1.165) is 12.5 Å². The molecule has 1 atom stereocenters. The number of hydrogen-bond acceptors (Lipinski definition) is 4. The minimum Gasteiger partial charge on any atom is -0.383 e. The first-order valence-electron chi connectivity index (χ1n) is 4.73. The van der Waals surface area contributed by atoms with Crippen molar-refractivity contribution in [2.75, 3.05) is 34.0 Å². The maximum atomic E-state index is 5.24. The lowest BCUT2D eigenvalue weighted by molar-refractivity contribution is -0.0308. The van der Waals surface area contributed by atoms with Crippen LogP contribution in [0, 0.1) is 5.92 Å². The van der Waals surface area contributed by atoms with Gasteiger partial charge in [0, 0.05) is 14.2 Å². The van der Waals surface area contributed by atoms with E-state index < -0.39 is 0 Å². The molecule has 0 heterocycles. The molecule has 13 heavy (non-hydrogen) atoms. The van der Waals surface area contributed by atoms with Gasteiger partial charge in [-0.25, -0.2) is 0 Å². The lowest BCUT2D eigenvalue weighted by Gasteiger charge is -2.16. The predicted molar refractivity (Wildman–Crippen MR) is 49.4 cm³/mol. The molecule has 1 N–H and O–H groups in total. The maximum absolute atomic E-state index is 5.24. The molecule has 0 saturated heterocycles. The highest BCUT2D eigenvalue weighted by Crippen LogP contribution is 2.32. The molecule has 1 aliphatic rings. The second kappa shape index (κ2) is 6.32. The molecule has 1 unspecified atom stereocenters. The Balaban J connectivity index is 2.00. The Morgan fingerprint density at radius 2 is 2.00 bits per heavy atom. The fourth-order valence-corrected chi connectivity index (χ4v) is 1.24. The van der Waals surface area contributed by atoms with Gasteiger partial charge in [-0.2, -0.15) is 5.48 Å². The van der Waals surface area contributed by atoms with Crippen molar-refractivity contribution in [2.24, 2.45) is 5.92 Å². The second-order valence-electron chi connectivity index (χ2n) is 3.36. The van der Waals surface area contributed by atoms with Gasteiger partial charge in [0.05, 0.1) is 25.9 Å². The Hall–Kier alpha value is -0.160. The Morgan fingerprint density at radius 3 is 2.54 bits per heavy atom. The number of hydroxylamine groups is 1. The van der Waals surface area contributed by atoms with Gasteiger partial charge in [0.15, 0.2) is 0 Å². The molecule has 1 rings (SSSR count). The number of hydrogen-bond donors (Lipinski definition) is 1. The summed E-state index contributed by atoms with van der Waals surface area (Å²) in [5.74, 6) is 0.738. The van der Waals surface area contributed by atoms with Gasteiger partial charge in [0.2, 0.25) is 0 Å². The third kappa shape index (κ3) is 4.57. The van der Waals surface area contributed by atoms with Crippen molar-refractivity contribution < 1.29 is 14.3 Å². The van der Waals surface area contributed by atoms with Crippen LogP contribution in [0.25, 0.3) is 0 Å². The Kier molecular flexibility index (Phi) is 5.31. The Bertz CT molecular complexity index is 128. The molecule has 78 valence electrons. The summed E-state index contributed by atoms with van der Waals surface area (Å²) in [6.45, 7) is 1.93. The molecule has 4 heteroatoms. The van der Waals surface area contributed by atoms with Gasteiger partial charge < -0.3 is 9.47 Å². The van der Waals surface area contributed by atoms with Gasteiger partial charge in [-0.05, 0) is 18.8 Å². The van der Waals surface area contributed by atoms with E-state index in [4.69, 9.17) is 14.3 Å². The zero-order chi connectivity index (χ0) is 9.52. The number of methoxy groups -OCH3 is 2. The minimum atomic E-state index is 0.349. The van der Waals surface area contributed by atoms with E-state index in [9.17, 15) is 0 Å². The fraction of sp³-hybridized carbons (Fsp3) is 1.00. The molecule has 0 aromatic carbocycles. The van der Waals surface area contributed by atoms with Gasteiger partial charge in [0.25, 0.3) is 0 Å². The third-order valence-electron chi connectivity index (χ3n) is 2.16. The predicted octanol–water partition coefficient (Wildman–Crippen LogP) is 0.579. The molecular weight excluding hydrogens is 170 g/mol. The van der Waals surface area contributed by atoms with Crippen LogP contribution >= 0.6 is 0 Å². The molecule has 0 amide bonds. The Labute approximate surface area is 79.5 Å². The van der Waals surface area contributed by atoms with E-state index in [1.807, 2.05) is 0 Å². The molecule has 0 radical (unpaired) electrons. The standard InChI is InChI=1S/C9H19NO3/c1-11-5-6-13-10-9(7-12-2)8-3-4-8/h8-10H,3-7H2,1-2H3.